The van der Waals surface area contributed by atoms with Crippen molar-refractivity contribution in [3.63, 3.8) is 0 Å². The predicted octanol–water partition coefficient (Wildman–Crippen LogP) is 4.40. The van der Waals surface area contributed by atoms with E-state index in [1.807, 2.05) is 6.07 Å². The van der Waals surface area contributed by atoms with Crippen molar-refractivity contribution in [2.24, 2.45) is 0 Å². The first kappa shape index (κ1) is 22.0. The van der Waals surface area contributed by atoms with Crippen molar-refractivity contribution in [1.82, 2.24) is 9.97 Å². The van der Waals surface area contributed by atoms with E-state index in [1.54, 1.807) is 44.2 Å². The summed E-state index contributed by atoms with van der Waals surface area (Å²) in [6.07, 6.45) is 0. The molecule has 0 bridgehead atoms. The molecule has 0 aliphatic carbocycles. The molecule has 33 heavy (non-hydrogen) atoms. The number of benzene rings is 3. The first-order chi connectivity index (χ1) is 15.7. The summed E-state index contributed by atoms with van der Waals surface area (Å²) < 4.78 is 27.8. The molecule has 0 radical (unpaired) electrons. The van der Waals surface area contributed by atoms with Crippen molar-refractivity contribution in [2.75, 3.05) is 15.4 Å². The largest absolute Gasteiger partial charge is 0.508 e. The molecule has 0 unspecified atom stereocenters. The number of nitrogens with zero attached hydrogens (tertiary/aromatic N) is 2. The molecule has 0 atom stereocenters. The Labute approximate surface area is 190 Å². The van der Waals surface area contributed by atoms with Crippen LogP contribution in [0.1, 0.15) is 11.5 Å². The Bertz CT molecular complexity index is 1430. The molecule has 2 amide bonds. The molecule has 4 rings (SSSR count). The summed E-state index contributed by atoms with van der Waals surface area (Å²) in [5, 5.41) is 16.7. The third kappa shape index (κ3) is 5.18. The zero-order valence-electron chi connectivity index (χ0n) is 17.8. The van der Waals surface area contributed by atoms with Gasteiger partial charge in [-0.2, -0.15) is 0 Å². The number of carbonyl (C=O) groups excluding carboxylic acids is 1. The van der Waals surface area contributed by atoms with Gasteiger partial charge in [-0.1, -0.05) is 18.2 Å². The van der Waals surface area contributed by atoms with Crippen molar-refractivity contribution in [1.29, 1.82) is 0 Å². The quantitative estimate of drug-likeness (QED) is 0.347. The van der Waals surface area contributed by atoms with Gasteiger partial charge in [0.1, 0.15) is 17.4 Å². The van der Waals surface area contributed by atoms with Crippen LogP contribution in [0.3, 0.4) is 0 Å². The molecular weight excluding hydrogens is 442 g/mol. The third-order valence-electron chi connectivity index (χ3n) is 4.74. The summed E-state index contributed by atoms with van der Waals surface area (Å²) in [7, 11) is -3.86. The monoisotopic (exact) mass is 463 g/mol. The average Bonchev–Trinajstić information content (AvgIpc) is 2.73. The molecule has 0 aliphatic heterocycles. The molecule has 3 aromatic carbocycles. The van der Waals surface area contributed by atoms with Gasteiger partial charge in [-0.15, -0.1) is 0 Å². The number of phenols is 1. The second-order valence-corrected chi connectivity index (χ2v) is 9.04. The number of hydrogen-bond donors (Lipinski definition) is 4. The zero-order valence-corrected chi connectivity index (χ0v) is 18.6. The number of amides is 2. The fraction of sp³-hybridized carbons (Fsp3) is 0.0870. The molecule has 9 nitrogen and oxygen atoms in total. The maximum absolute atomic E-state index is 12.7. The van der Waals surface area contributed by atoms with Crippen LogP contribution in [0.15, 0.2) is 71.6 Å². The second-order valence-electron chi connectivity index (χ2n) is 7.36. The lowest BCUT2D eigenvalue weighted by Crippen LogP contribution is -2.19. The molecule has 168 valence electrons. The van der Waals surface area contributed by atoms with Crippen molar-refractivity contribution in [3.8, 4) is 5.75 Å². The molecule has 0 spiro atoms. The summed E-state index contributed by atoms with van der Waals surface area (Å²) in [5.41, 5.74) is 1.58. The van der Waals surface area contributed by atoms with Gasteiger partial charge in [-0.25, -0.2) is 23.2 Å². The van der Waals surface area contributed by atoms with Crippen molar-refractivity contribution in [2.45, 2.75) is 18.7 Å². The van der Waals surface area contributed by atoms with Gasteiger partial charge in [0, 0.05) is 22.8 Å². The van der Waals surface area contributed by atoms with Crippen molar-refractivity contribution < 1.29 is 18.3 Å². The number of sulfonamides is 1. The van der Waals surface area contributed by atoms with Crippen LogP contribution < -0.4 is 15.4 Å². The first-order valence-electron chi connectivity index (χ1n) is 9.94. The number of aromatic nitrogens is 2. The lowest BCUT2D eigenvalue weighted by molar-refractivity contribution is 0.262. The minimum absolute atomic E-state index is 0.0203. The lowest BCUT2D eigenvalue weighted by atomic mass is 10.1. The number of aromatic hydroxyl groups is 1. The minimum atomic E-state index is -3.86. The van der Waals surface area contributed by atoms with Crippen LogP contribution in [0.25, 0.3) is 10.8 Å². The highest BCUT2D eigenvalue weighted by molar-refractivity contribution is 7.92. The number of fused-ring (bicyclic) bond motifs is 1. The van der Waals surface area contributed by atoms with E-state index in [0.717, 1.165) is 5.39 Å². The number of rotatable bonds is 5. The van der Waals surface area contributed by atoms with Gasteiger partial charge >= 0.3 is 6.03 Å². The maximum Gasteiger partial charge on any atom is 0.323 e. The van der Waals surface area contributed by atoms with Gasteiger partial charge in [0.25, 0.3) is 10.0 Å². The van der Waals surface area contributed by atoms with Crippen LogP contribution in [-0.4, -0.2) is 29.5 Å². The third-order valence-corrected chi connectivity index (χ3v) is 6.11. The smallest absolute Gasteiger partial charge is 0.323 e. The van der Waals surface area contributed by atoms with Gasteiger partial charge < -0.3 is 15.7 Å². The highest BCUT2D eigenvalue weighted by Gasteiger charge is 2.16. The van der Waals surface area contributed by atoms with E-state index in [-0.39, 0.29) is 16.5 Å². The molecule has 1 heterocycles. The number of nitrogens with one attached hydrogen (secondary N) is 3. The SMILES string of the molecule is Cc1cc(NS(=O)(=O)c2ccc(NC(=O)Nc3cccc4ccc(O)cc34)cc2)nc(C)n1. The Morgan fingerprint density at radius 2 is 1.67 bits per heavy atom. The van der Waals surface area contributed by atoms with Crippen LogP contribution in [0.4, 0.5) is 22.0 Å². The number of carbonyl (C=O) groups is 1. The van der Waals surface area contributed by atoms with Crippen LogP contribution in [0.2, 0.25) is 0 Å². The van der Waals surface area contributed by atoms with Crippen molar-refractivity contribution >= 4 is 44.0 Å². The lowest BCUT2D eigenvalue weighted by Gasteiger charge is -2.12. The van der Waals surface area contributed by atoms with Crippen molar-refractivity contribution in [3.05, 3.63) is 78.2 Å². The fourth-order valence-electron chi connectivity index (χ4n) is 3.34. The Kier molecular flexibility index (Phi) is 5.84. The summed E-state index contributed by atoms with van der Waals surface area (Å²) in [5.74, 6) is 0.734. The van der Waals surface area contributed by atoms with E-state index < -0.39 is 16.1 Å². The average molecular weight is 464 g/mol. The first-order valence-corrected chi connectivity index (χ1v) is 11.4. The summed E-state index contributed by atoms with van der Waals surface area (Å²) in [6.45, 7) is 3.43. The fourth-order valence-corrected chi connectivity index (χ4v) is 4.33. The van der Waals surface area contributed by atoms with Gasteiger partial charge in [-0.3, -0.25) is 4.72 Å². The van der Waals surface area contributed by atoms with Crippen LogP contribution in [0.5, 0.6) is 5.75 Å². The minimum Gasteiger partial charge on any atom is -0.508 e. The normalized spacial score (nSPS) is 11.2. The van der Waals surface area contributed by atoms with Gasteiger partial charge in [0.2, 0.25) is 0 Å². The van der Waals surface area contributed by atoms with Gasteiger partial charge in [0.15, 0.2) is 0 Å². The Morgan fingerprint density at radius 3 is 2.39 bits per heavy atom. The molecule has 0 saturated heterocycles. The molecular formula is C23H21N5O4S. The Hall–Kier alpha value is -4.18. The zero-order chi connectivity index (χ0) is 23.6. The topological polar surface area (TPSA) is 133 Å². The number of phenolic OH excluding ortho intramolecular Hbond substituents is 1. The van der Waals surface area contributed by atoms with Gasteiger partial charge in [-0.05, 0) is 61.7 Å². The maximum atomic E-state index is 12.7. The molecule has 4 aromatic rings. The molecule has 0 fully saturated rings. The standard InChI is InChI=1S/C23H21N5O4S/c1-14-12-22(25-15(2)24-14)28-33(31,32)19-10-7-17(8-11-19)26-23(30)27-21-5-3-4-16-6-9-18(29)13-20(16)21/h3-13,29H,1-2H3,(H,24,25,28)(H2,26,27,30). The van der Waals surface area contributed by atoms with E-state index in [4.69, 9.17) is 0 Å². The molecule has 0 aliphatic rings. The van der Waals surface area contributed by atoms with E-state index in [9.17, 15) is 18.3 Å². The molecule has 0 saturated carbocycles. The van der Waals surface area contributed by atoms with E-state index >= 15 is 0 Å². The summed E-state index contributed by atoms with van der Waals surface area (Å²) >= 11 is 0. The van der Waals surface area contributed by atoms with Crippen LogP contribution >= 0.6 is 0 Å². The summed E-state index contributed by atoms with van der Waals surface area (Å²) in [6, 6.07) is 17.1. The van der Waals surface area contributed by atoms with Gasteiger partial charge in [0.05, 0.1) is 10.6 Å². The number of hydrogen-bond acceptors (Lipinski definition) is 6. The Balaban J connectivity index is 1.46. The Morgan fingerprint density at radius 1 is 0.909 bits per heavy atom. The highest BCUT2D eigenvalue weighted by Crippen LogP contribution is 2.27. The highest BCUT2D eigenvalue weighted by atomic mass is 32.2. The molecule has 1 aromatic heterocycles. The van der Waals surface area contributed by atoms with E-state index in [0.29, 0.717) is 28.3 Å². The van der Waals surface area contributed by atoms with Crippen LogP contribution in [0, 0.1) is 13.8 Å². The van der Waals surface area contributed by atoms with E-state index in [1.165, 1.54) is 30.3 Å². The summed E-state index contributed by atoms with van der Waals surface area (Å²) in [4.78, 5) is 20.7. The number of urea groups is 1. The predicted molar refractivity (Wildman–Crippen MR) is 127 cm³/mol. The van der Waals surface area contributed by atoms with Crippen LogP contribution in [-0.2, 0) is 10.0 Å². The molecule has 4 N–H and O–H groups in total. The van der Waals surface area contributed by atoms with E-state index in [2.05, 4.69) is 25.3 Å². The molecule has 10 heteroatoms. The second kappa shape index (κ2) is 8.75. The number of anilines is 3. The number of aryl methyl sites for hydroxylation is 2.